The number of amides is 2. The third-order valence-corrected chi connectivity index (χ3v) is 4.83. The van der Waals surface area contributed by atoms with E-state index in [4.69, 9.17) is 4.74 Å². The van der Waals surface area contributed by atoms with E-state index in [9.17, 15) is 9.59 Å². The van der Waals surface area contributed by atoms with E-state index in [2.05, 4.69) is 33.2 Å². The summed E-state index contributed by atoms with van der Waals surface area (Å²) in [6.07, 6.45) is 0. The van der Waals surface area contributed by atoms with Crippen molar-refractivity contribution in [3.8, 4) is 5.75 Å². The maximum atomic E-state index is 12.8. The van der Waals surface area contributed by atoms with Gasteiger partial charge in [0, 0.05) is 3.57 Å². The maximum absolute atomic E-state index is 12.8. The molecule has 6 heteroatoms. The van der Waals surface area contributed by atoms with Crippen LogP contribution in [0.4, 0.5) is 11.4 Å². The van der Waals surface area contributed by atoms with E-state index in [-0.39, 0.29) is 11.8 Å². The molecule has 5 nitrogen and oxygen atoms in total. The van der Waals surface area contributed by atoms with E-state index in [0.717, 1.165) is 3.57 Å². The molecule has 0 aliphatic carbocycles. The molecule has 0 aromatic heterocycles. The Morgan fingerprint density at radius 1 is 0.741 bits per heavy atom. The molecule has 0 aliphatic heterocycles. The number of methoxy groups -OCH3 is 1. The van der Waals surface area contributed by atoms with Gasteiger partial charge in [0.05, 0.1) is 29.6 Å². The average molecular weight is 472 g/mol. The second kappa shape index (κ2) is 8.68. The number of para-hydroxylation sites is 3. The van der Waals surface area contributed by atoms with Crippen LogP contribution in [0.5, 0.6) is 5.75 Å². The van der Waals surface area contributed by atoms with E-state index >= 15 is 0 Å². The van der Waals surface area contributed by atoms with Crippen LogP contribution in [0, 0.1) is 3.57 Å². The van der Waals surface area contributed by atoms with E-state index in [1.165, 1.54) is 0 Å². The summed E-state index contributed by atoms with van der Waals surface area (Å²) < 4.78 is 6.10. The first-order valence-corrected chi connectivity index (χ1v) is 9.27. The number of halogens is 1. The molecule has 0 fully saturated rings. The zero-order valence-corrected chi connectivity index (χ0v) is 16.7. The van der Waals surface area contributed by atoms with Crippen LogP contribution in [0.1, 0.15) is 20.7 Å². The van der Waals surface area contributed by atoms with Gasteiger partial charge >= 0.3 is 0 Å². The molecule has 3 aromatic rings. The summed E-state index contributed by atoms with van der Waals surface area (Å²) in [7, 11) is 1.54. The zero-order valence-electron chi connectivity index (χ0n) is 14.5. The number of rotatable bonds is 5. The van der Waals surface area contributed by atoms with Crippen molar-refractivity contribution in [1.29, 1.82) is 0 Å². The SMILES string of the molecule is COc1ccccc1NC(=O)c1ccccc1NC(=O)c1ccccc1I. The van der Waals surface area contributed by atoms with Crippen molar-refractivity contribution in [2.24, 2.45) is 0 Å². The number of ether oxygens (including phenoxy) is 1. The predicted molar refractivity (Wildman–Crippen MR) is 115 cm³/mol. The summed E-state index contributed by atoms with van der Waals surface area (Å²) in [4.78, 5) is 25.4. The molecule has 0 atom stereocenters. The fourth-order valence-corrected chi connectivity index (χ4v) is 3.20. The minimum absolute atomic E-state index is 0.266. The molecule has 136 valence electrons. The van der Waals surface area contributed by atoms with Gasteiger partial charge in [0.1, 0.15) is 5.75 Å². The molecule has 0 radical (unpaired) electrons. The van der Waals surface area contributed by atoms with Crippen LogP contribution in [-0.4, -0.2) is 18.9 Å². The van der Waals surface area contributed by atoms with Gasteiger partial charge in [-0.05, 0) is 59.0 Å². The highest BCUT2D eigenvalue weighted by Gasteiger charge is 2.16. The summed E-state index contributed by atoms with van der Waals surface area (Å²) >= 11 is 2.11. The summed E-state index contributed by atoms with van der Waals surface area (Å²) in [5, 5.41) is 5.65. The lowest BCUT2D eigenvalue weighted by Crippen LogP contribution is -2.19. The molecular formula is C21H17IN2O3. The first-order valence-electron chi connectivity index (χ1n) is 8.19. The van der Waals surface area contributed by atoms with Crippen LogP contribution in [0.3, 0.4) is 0 Å². The number of hydrogen-bond acceptors (Lipinski definition) is 3. The van der Waals surface area contributed by atoms with E-state index in [0.29, 0.717) is 28.3 Å². The number of carbonyl (C=O) groups excluding carboxylic acids is 2. The monoisotopic (exact) mass is 472 g/mol. The first-order chi connectivity index (χ1) is 13.1. The lowest BCUT2D eigenvalue weighted by Gasteiger charge is -2.13. The summed E-state index contributed by atoms with van der Waals surface area (Å²) in [5.41, 5.74) is 1.92. The largest absolute Gasteiger partial charge is 0.495 e. The van der Waals surface area contributed by atoms with Crippen LogP contribution in [0.15, 0.2) is 72.8 Å². The minimum atomic E-state index is -0.335. The van der Waals surface area contributed by atoms with Gasteiger partial charge in [-0.25, -0.2) is 0 Å². The van der Waals surface area contributed by atoms with Crippen molar-refractivity contribution in [1.82, 2.24) is 0 Å². The lowest BCUT2D eigenvalue weighted by molar-refractivity contribution is 0.102. The number of carbonyl (C=O) groups is 2. The number of anilines is 2. The van der Waals surface area contributed by atoms with Crippen LogP contribution < -0.4 is 15.4 Å². The molecule has 0 saturated carbocycles. The Kier molecular flexibility index (Phi) is 6.08. The van der Waals surface area contributed by atoms with Gasteiger partial charge in [-0.15, -0.1) is 0 Å². The normalized spacial score (nSPS) is 10.1. The molecular weight excluding hydrogens is 455 g/mol. The second-order valence-electron chi connectivity index (χ2n) is 5.63. The van der Waals surface area contributed by atoms with E-state index in [1.54, 1.807) is 55.6 Å². The molecule has 2 N–H and O–H groups in total. The molecule has 0 unspecified atom stereocenters. The Hall–Kier alpha value is -2.87. The van der Waals surface area contributed by atoms with E-state index < -0.39 is 0 Å². The van der Waals surface area contributed by atoms with Crippen molar-refractivity contribution >= 4 is 45.8 Å². The quantitative estimate of drug-likeness (QED) is 0.525. The van der Waals surface area contributed by atoms with Crippen LogP contribution >= 0.6 is 22.6 Å². The van der Waals surface area contributed by atoms with Crippen LogP contribution in [0.2, 0.25) is 0 Å². The standard InChI is InChI=1S/C21H17IN2O3/c1-27-19-13-7-6-12-18(19)24-21(26)15-9-3-5-11-17(15)23-20(25)14-8-2-4-10-16(14)22/h2-13H,1H3,(H,23,25)(H,24,26). The summed E-state index contributed by atoms with van der Waals surface area (Å²) in [5.74, 6) is -0.0399. The zero-order chi connectivity index (χ0) is 19.2. The molecule has 27 heavy (non-hydrogen) atoms. The summed E-state index contributed by atoms with van der Waals surface area (Å²) in [6.45, 7) is 0. The van der Waals surface area contributed by atoms with Gasteiger partial charge in [0.15, 0.2) is 0 Å². The number of benzene rings is 3. The third-order valence-electron chi connectivity index (χ3n) is 3.89. The van der Waals surface area contributed by atoms with Gasteiger partial charge in [0.2, 0.25) is 0 Å². The van der Waals surface area contributed by atoms with Gasteiger partial charge < -0.3 is 15.4 Å². The first kappa shape index (κ1) is 18.9. The Morgan fingerprint density at radius 3 is 1.96 bits per heavy atom. The highest BCUT2D eigenvalue weighted by Crippen LogP contribution is 2.25. The molecule has 3 rings (SSSR count). The van der Waals surface area contributed by atoms with Gasteiger partial charge in [0.25, 0.3) is 11.8 Å². The maximum Gasteiger partial charge on any atom is 0.257 e. The molecule has 0 bridgehead atoms. The fourth-order valence-electron chi connectivity index (χ4n) is 2.56. The molecule has 2 amide bonds. The molecule has 0 saturated heterocycles. The predicted octanol–water partition coefficient (Wildman–Crippen LogP) is 4.80. The number of hydrogen-bond donors (Lipinski definition) is 2. The Bertz CT molecular complexity index is 988. The van der Waals surface area contributed by atoms with Gasteiger partial charge in [-0.3, -0.25) is 9.59 Å². The van der Waals surface area contributed by atoms with Gasteiger partial charge in [-0.1, -0.05) is 36.4 Å². The minimum Gasteiger partial charge on any atom is -0.495 e. The van der Waals surface area contributed by atoms with Crippen LogP contribution in [0.25, 0.3) is 0 Å². The fraction of sp³-hybridized carbons (Fsp3) is 0.0476. The number of nitrogens with one attached hydrogen (secondary N) is 2. The van der Waals surface area contributed by atoms with Crippen LogP contribution in [-0.2, 0) is 0 Å². The topological polar surface area (TPSA) is 67.4 Å². The highest BCUT2D eigenvalue weighted by atomic mass is 127. The Balaban J connectivity index is 1.84. The molecule has 3 aromatic carbocycles. The Labute approximate surface area is 170 Å². The summed E-state index contributed by atoms with van der Waals surface area (Å²) in [6, 6.07) is 21.3. The van der Waals surface area contributed by atoms with Crippen molar-refractivity contribution in [3.63, 3.8) is 0 Å². The molecule has 0 spiro atoms. The second-order valence-corrected chi connectivity index (χ2v) is 6.80. The average Bonchev–Trinajstić information content (AvgIpc) is 2.69. The van der Waals surface area contributed by atoms with Gasteiger partial charge in [-0.2, -0.15) is 0 Å². The third kappa shape index (κ3) is 4.46. The Morgan fingerprint density at radius 2 is 1.26 bits per heavy atom. The van der Waals surface area contributed by atoms with Crippen molar-refractivity contribution in [3.05, 3.63) is 87.5 Å². The highest BCUT2D eigenvalue weighted by molar-refractivity contribution is 14.1. The van der Waals surface area contributed by atoms with Crippen molar-refractivity contribution in [2.75, 3.05) is 17.7 Å². The smallest absolute Gasteiger partial charge is 0.257 e. The van der Waals surface area contributed by atoms with Crippen molar-refractivity contribution in [2.45, 2.75) is 0 Å². The van der Waals surface area contributed by atoms with Crippen molar-refractivity contribution < 1.29 is 14.3 Å². The van der Waals surface area contributed by atoms with E-state index in [1.807, 2.05) is 24.3 Å². The lowest BCUT2D eigenvalue weighted by atomic mass is 10.1. The molecule has 0 aliphatic rings. The molecule has 0 heterocycles.